The van der Waals surface area contributed by atoms with Gasteiger partial charge in [0.2, 0.25) is 0 Å². The summed E-state index contributed by atoms with van der Waals surface area (Å²) in [6.07, 6.45) is 0.523. The van der Waals surface area contributed by atoms with Crippen LogP contribution >= 0.6 is 10.7 Å². The van der Waals surface area contributed by atoms with Crippen molar-refractivity contribution in [1.29, 1.82) is 0 Å². The molecule has 0 fully saturated rings. The third-order valence-corrected chi connectivity index (χ3v) is 4.22. The third-order valence-electron chi connectivity index (χ3n) is 2.88. The summed E-state index contributed by atoms with van der Waals surface area (Å²) in [7, 11) is 0.626. The second kappa shape index (κ2) is 5.65. The maximum Gasteiger partial charge on any atom is 0.264 e. The Morgan fingerprint density at radius 3 is 2.35 bits per heavy atom. The molecule has 1 aromatic rings. The highest BCUT2D eigenvalue weighted by molar-refractivity contribution is 8.13. The van der Waals surface area contributed by atoms with Crippen LogP contribution in [0.15, 0.2) is 17.0 Å². The minimum absolute atomic E-state index is 0.523. The Morgan fingerprint density at radius 1 is 1.35 bits per heavy atom. The summed E-state index contributed by atoms with van der Waals surface area (Å²) in [6.45, 7) is 5.12. The Kier molecular flexibility index (Phi) is 4.76. The predicted molar refractivity (Wildman–Crippen MR) is 71.2 cm³/mol. The van der Waals surface area contributed by atoms with E-state index in [4.69, 9.17) is 10.7 Å². The zero-order chi connectivity index (χ0) is 15.7. The van der Waals surface area contributed by atoms with Crippen molar-refractivity contribution in [3.63, 3.8) is 0 Å². The fourth-order valence-electron chi connectivity index (χ4n) is 1.39. The van der Waals surface area contributed by atoms with Crippen LogP contribution in [0.1, 0.15) is 37.6 Å². The van der Waals surface area contributed by atoms with Crippen molar-refractivity contribution in [2.75, 3.05) is 0 Å². The lowest BCUT2D eigenvalue weighted by Crippen LogP contribution is -2.43. The van der Waals surface area contributed by atoms with Gasteiger partial charge in [0.25, 0.3) is 15.0 Å². The fourth-order valence-corrected chi connectivity index (χ4v) is 2.29. The summed E-state index contributed by atoms with van der Waals surface area (Å²) >= 11 is 0. The van der Waals surface area contributed by atoms with Gasteiger partial charge in [0.1, 0.15) is 16.3 Å². The van der Waals surface area contributed by atoms with Gasteiger partial charge in [-0.3, -0.25) is 4.79 Å². The Labute approximate surface area is 120 Å². The Balaban J connectivity index is 3.35. The van der Waals surface area contributed by atoms with Crippen LogP contribution in [0.4, 0.5) is 8.78 Å². The number of benzene rings is 1. The van der Waals surface area contributed by atoms with Gasteiger partial charge in [0, 0.05) is 16.2 Å². The summed E-state index contributed by atoms with van der Waals surface area (Å²) in [4.78, 5) is 11.0. The van der Waals surface area contributed by atoms with Gasteiger partial charge in [-0.2, -0.15) is 0 Å². The van der Waals surface area contributed by atoms with Gasteiger partial charge in [-0.25, -0.2) is 17.2 Å². The highest BCUT2D eigenvalue weighted by atomic mass is 35.7. The van der Waals surface area contributed by atoms with Gasteiger partial charge in [-0.15, -0.1) is 0 Å². The number of halogens is 3. The largest absolute Gasteiger partial charge is 0.347 e. The molecule has 20 heavy (non-hydrogen) atoms. The smallest absolute Gasteiger partial charge is 0.264 e. The molecule has 1 N–H and O–H groups in total. The quantitative estimate of drug-likeness (QED) is 0.866. The predicted octanol–water partition coefficient (Wildman–Crippen LogP) is 2.81. The van der Waals surface area contributed by atoms with Gasteiger partial charge < -0.3 is 5.32 Å². The summed E-state index contributed by atoms with van der Waals surface area (Å²) in [5.41, 5.74) is -1.65. The standard InChI is InChI=1S/C12H14ClF2NO3S/c1-4-12(2,3)16-11(17)9-7(14)5-6-8(10(9)15)20(13,18)19/h5-6H,4H2,1-3H3,(H,16,17). The summed E-state index contributed by atoms with van der Waals surface area (Å²) < 4.78 is 49.9. The highest BCUT2D eigenvalue weighted by Crippen LogP contribution is 2.24. The van der Waals surface area contributed by atoms with Gasteiger partial charge in [0.15, 0.2) is 5.82 Å². The van der Waals surface area contributed by atoms with E-state index in [0.717, 1.165) is 0 Å². The van der Waals surface area contributed by atoms with Crippen LogP contribution in [0.3, 0.4) is 0 Å². The van der Waals surface area contributed by atoms with Crippen molar-refractivity contribution in [3.8, 4) is 0 Å². The molecule has 0 aliphatic heterocycles. The molecule has 0 heterocycles. The van der Waals surface area contributed by atoms with Crippen molar-refractivity contribution in [1.82, 2.24) is 5.32 Å². The average Bonchev–Trinajstić information content (AvgIpc) is 2.26. The highest BCUT2D eigenvalue weighted by Gasteiger charge is 2.28. The molecule has 0 spiro atoms. The van der Waals surface area contributed by atoms with Crippen molar-refractivity contribution < 1.29 is 22.0 Å². The number of amides is 1. The van der Waals surface area contributed by atoms with Crippen LogP contribution in [0.2, 0.25) is 0 Å². The number of carbonyl (C=O) groups is 1. The van der Waals surface area contributed by atoms with Crippen LogP contribution in [-0.4, -0.2) is 19.9 Å². The average molecular weight is 326 g/mol. The molecule has 0 atom stereocenters. The second-order valence-electron chi connectivity index (χ2n) is 4.86. The first kappa shape index (κ1) is 16.8. The Morgan fingerprint density at radius 2 is 1.90 bits per heavy atom. The molecule has 0 radical (unpaired) electrons. The van der Waals surface area contributed by atoms with Crippen molar-refractivity contribution in [2.45, 2.75) is 37.6 Å². The lowest BCUT2D eigenvalue weighted by molar-refractivity contribution is 0.0902. The van der Waals surface area contributed by atoms with E-state index in [-0.39, 0.29) is 0 Å². The molecule has 112 valence electrons. The van der Waals surface area contributed by atoms with Crippen LogP contribution in [0.25, 0.3) is 0 Å². The molecular weight excluding hydrogens is 312 g/mol. The van der Waals surface area contributed by atoms with E-state index in [0.29, 0.717) is 18.6 Å². The van der Waals surface area contributed by atoms with Crippen molar-refractivity contribution >= 4 is 25.6 Å². The monoisotopic (exact) mass is 325 g/mol. The van der Waals surface area contributed by atoms with Gasteiger partial charge in [-0.1, -0.05) is 6.92 Å². The summed E-state index contributed by atoms with van der Waals surface area (Å²) in [5.74, 6) is -3.69. The van der Waals surface area contributed by atoms with Gasteiger partial charge >= 0.3 is 0 Å². The maximum absolute atomic E-state index is 14.0. The summed E-state index contributed by atoms with van der Waals surface area (Å²) in [6, 6.07) is 1.36. The molecule has 0 unspecified atom stereocenters. The van der Waals surface area contributed by atoms with Crippen molar-refractivity contribution in [3.05, 3.63) is 29.3 Å². The number of nitrogens with one attached hydrogen (secondary N) is 1. The van der Waals surface area contributed by atoms with Crippen LogP contribution in [0, 0.1) is 11.6 Å². The molecule has 0 aliphatic rings. The number of hydrogen-bond acceptors (Lipinski definition) is 3. The topological polar surface area (TPSA) is 63.2 Å². The van der Waals surface area contributed by atoms with Crippen LogP contribution < -0.4 is 5.32 Å². The lowest BCUT2D eigenvalue weighted by Gasteiger charge is -2.24. The molecule has 1 aromatic carbocycles. The molecule has 1 rings (SSSR count). The van der Waals surface area contributed by atoms with Gasteiger partial charge in [0.05, 0.1) is 0 Å². The summed E-state index contributed by atoms with van der Waals surface area (Å²) in [5, 5.41) is 2.43. The van der Waals surface area contributed by atoms with E-state index in [2.05, 4.69) is 5.32 Å². The van der Waals surface area contributed by atoms with Crippen molar-refractivity contribution in [2.24, 2.45) is 0 Å². The molecule has 1 amide bonds. The molecule has 0 saturated heterocycles. The first-order valence-electron chi connectivity index (χ1n) is 5.75. The molecule has 0 aliphatic carbocycles. The zero-order valence-corrected chi connectivity index (χ0v) is 12.7. The number of carbonyl (C=O) groups excluding carboxylic acids is 1. The number of rotatable bonds is 4. The first-order valence-corrected chi connectivity index (χ1v) is 8.05. The third kappa shape index (κ3) is 3.67. The van der Waals surface area contributed by atoms with E-state index in [9.17, 15) is 22.0 Å². The minimum atomic E-state index is -4.40. The minimum Gasteiger partial charge on any atom is -0.347 e. The van der Waals surface area contributed by atoms with Crippen LogP contribution in [-0.2, 0) is 9.05 Å². The molecule has 0 saturated carbocycles. The van der Waals surface area contributed by atoms with E-state index in [1.54, 1.807) is 20.8 Å². The number of hydrogen-bond donors (Lipinski definition) is 1. The van der Waals surface area contributed by atoms with E-state index in [1.807, 2.05) is 0 Å². The molecule has 4 nitrogen and oxygen atoms in total. The van der Waals surface area contributed by atoms with E-state index < -0.39 is 42.6 Å². The molecule has 0 bridgehead atoms. The zero-order valence-electron chi connectivity index (χ0n) is 11.1. The van der Waals surface area contributed by atoms with E-state index >= 15 is 0 Å². The SMILES string of the molecule is CCC(C)(C)NC(=O)c1c(F)ccc(S(=O)(=O)Cl)c1F. The molecule has 8 heteroatoms. The first-order chi connectivity index (χ1) is 8.99. The normalized spacial score (nSPS) is 12.3. The van der Waals surface area contributed by atoms with Crippen LogP contribution in [0.5, 0.6) is 0 Å². The maximum atomic E-state index is 14.0. The lowest BCUT2D eigenvalue weighted by atomic mass is 10.0. The van der Waals surface area contributed by atoms with E-state index in [1.165, 1.54) is 0 Å². The molecule has 0 aromatic heterocycles. The van der Waals surface area contributed by atoms with Gasteiger partial charge in [-0.05, 0) is 32.4 Å². The fraction of sp³-hybridized carbons (Fsp3) is 0.417. The Hall–Kier alpha value is -1.21. The second-order valence-corrected chi connectivity index (χ2v) is 7.40. The molecular formula is C12H14ClF2NO3S. The Bertz CT molecular complexity index is 644.